The van der Waals surface area contributed by atoms with Crippen molar-refractivity contribution in [2.24, 2.45) is 5.92 Å². The van der Waals surface area contributed by atoms with Crippen molar-refractivity contribution in [1.82, 2.24) is 0 Å². The molecule has 2 aromatic rings. The molecule has 0 fully saturated rings. The second-order valence-corrected chi connectivity index (χ2v) is 6.22. The average molecular weight is 305 g/mol. The molecular formula is C20H19NO2. The fraction of sp³-hybridized carbons (Fsp3) is 0.200. The number of carbonyl (C=O) groups excluding carboxylic acids is 2. The number of benzene rings is 2. The van der Waals surface area contributed by atoms with Crippen LogP contribution in [0.25, 0.3) is 5.57 Å². The largest absolute Gasteiger partial charge is 0.321 e. The number of allylic oxidation sites excluding steroid dienone is 1. The van der Waals surface area contributed by atoms with Gasteiger partial charge in [-0.15, -0.1) is 0 Å². The number of amides is 1. The highest BCUT2D eigenvalue weighted by Gasteiger charge is 2.24. The first-order chi connectivity index (χ1) is 11.0. The van der Waals surface area contributed by atoms with E-state index < -0.39 is 0 Å². The summed E-state index contributed by atoms with van der Waals surface area (Å²) in [6, 6.07) is 15.0. The summed E-state index contributed by atoms with van der Waals surface area (Å²) in [5, 5.41) is 2.78. The Balaban J connectivity index is 1.85. The van der Waals surface area contributed by atoms with Crippen LogP contribution in [0, 0.1) is 5.92 Å². The van der Waals surface area contributed by atoms with Crippen molar-refractivity contribution in [1.29, 1.82) is 0 Å². The molecule has 0 bridgehead atoms. The predicted octanol–water partition coefficient (Wildman–Crippen LogP) is 4.10. The van der Waals surface area contributed by atoms with Crippen LogP contribution in [0.4, 0.5) is 5.69 Å². The number of fused-ring (bicyclic) bond motifs is 1. The number of anilines is 1. The molecule has 0 spiro atoms. The van der Waals surface area contributed by atoms with Crippen LogP contribution in [0.2, 0.25) is 0 Å². The highest BCUT2D eigenvalue weighted by atomic mass is 16.2. The van der Waals surface area contributed by atoms with E-state index >= 15 is 0 Å². The summed E-state index contributed by atoms with van der Waals surface area (Å²) in [6.45, 7) is 4.33. The average Bonchev–Trinajstić information content (AvgIpc) is 2.83. The van der Waals surface area contributed by atoms with Crippen LogP contribution in [0.5, 0.6) is 0 Å². The molecule has 0 saturated heterocycles. The highest BCUT2D eigenvalue weighted by Crippen LogP contribution is 2.31. The minimum atomic E-state index is -0.226. The van der Waals surface area contributed by atoms with Crippen molar-refractivity contribution in [2.75, 3.05) is 5.32 Å². The molecule has 0 saturated carbocycles. The van der Waals surface area contributed by atoms with Crippen molar-refractivity contribution >= 4 is 23.0 Å². The van der Waals surface area contributed by atoms with E-state index in [4.69, 9.17) is 0 Å². The molecular weight excluding hydrogens is 286 g/mol. The summed E-state index contributed by atoms with van der Waals surface area (Å²) in [5.74, 6) is 0.205. The third kappa shape index (κ3) is 3.24. The topological polar surface area (TPSA) is 46.2 Å². The number of rotatable bonds is 4. The Labute approximate surface area is 136 Å². The van der Waals surface area contributed by atoms with E-state index in [0.29, 0.717) is 17.1 Å². The molecule has 23 heavy (non-hydrogen) atoms. The van der Waals surface area contributed by atoms with Gasteiger partial charge in [0.2, 0.25) is 0 Å². The predicted molar refractivity (Wildman–Crippen MR) is 92.4 cm³/mol. The van der Waals surface area contributed by atoms with Gasteiger partial charge in [0.25, 0.3) is 5.91 Å². The normalized spacial score (nSPS) is 14.9. The summed E-state index contributed by atoms with van der Waals surface area (Å²) in [7, 11) is 0. The van der Waals surface area contributed by atoms with Gasteiger partial charge in [-0.3, -0.25) is 9.59 Å². The number of hydrogen-bond acceptors (Lipinski definition) is 2. The van der Waals surface area contributed by atoms with E-state index in [0.717, 1.165) is 17.7 Å². The molecule has 2 aromatic carbocycles. The molecule has 1 N–H and O–H groups in total. The molecule has 0 aromatic heterocycles. The van der Waals surface area contributed by atoms with Gasteiger partial charge in [-0.2, -0.15) is 0 Å². The van der Waals surface area contributed by atoms with E-state index in [1.54, 1.807) is 0 Å². The van der Waals surface area contributed by atoms with Gasteiger partial charge in [-0.1, -0.05) is 56.3 Å². The van der Waals surface area contributed by atoms with Crippen LogP contribution < -0.4 is 5.32 Å². The minimum Gasteiger partial charge on any atom is -0.321 e. The maximum absolute atomic E-state index is 12.4. The van der Waals surface area contributed by atoms with Gasteiger partial charge in [0.05, 0.1) is 5.57 Å². The van der Waals surface area contributed by atoms with Crippen molar-refractivity contribution in [3.63, 3.8) is 0 Å². The molecule has 3 heteroatoms. The molecule has 116 valence electrons. The smallest absolute Gasteiger partial charge is 0.256 e. The van der Waals surface area contributed by atoms with Crippen LogP contribution in [0.1, 0.15) is 35.3 Å². The fourth-order valence-corrected chi connectivity index (χ4v) is 2.77. The van der Waals surface area contributed by atoms with Gasteiger partial charge in [0.1, 0.15) is 0 Å². The van der Waals surface area contributed by atoms with Gasteiger partial charge in [-0.25, -0.2) is 0 Å². The van der Waals surface area contributed by atoms with Crippen molar-refractivity contribution in [3.8, 4) is 0 Å². The maximum atomic E-state index is 12.4. The minimum absolute atomic E-state index is 0.150. The summed E-state index contributed by atoms with van der Waals surface area (Å²) in [5.41, 5.74) is 3.78. The van der Waals surface area contributed by atoms with Gasteiger partial charge < -0.3 is 5.32 Å². The Morgan fingerprint density at radius 1 is 1.09 bits per heavy atom. The standard InChI is InChI=1S/C20H19NO2/c1-13(2)11-14-7-9-15(10-8-14)19(22)12-17-16-5-3-4-6-18(16)21-20(17)23/h3-10,12-13H,11H2,1-2H3,(H,21,23)/b17-12-. The zero-order chi connectivity index (χ0) is 16.4. The van der Waals surface area contributed by atoms with Crippen LogP contribution in [0.15, 0.2) is 54.6 Å². The zero-order valence-electron chi connectivity index (χ0n) is 13.3. The number of ketones is 1. The van der Waals surface area contributed by atoms with Crippen LogP contribution >= 0.6 is 0 Å². The van der Waals surface area contributed by atoms with Crippen molar-refractivity contribution in [3.05, 3.63) is 71.3 Å². The lowest BCUT2D eigenvalue weighted by molar-refractivity contribution is -0.110. The third-order valence-corrected chi connectivity index (χ3v) is 3.87. The van der Waals surface area contributed by atoms with Gasteiger partial charge in [0.15, 0.2) is 5.78 Å². The van der Waals surface area contributed by atoms with E-state index in [9.17, 15) is 9.59 Å². The molecule has 0 unspecified atom stereocenters. The first kappa shape index (κ1) is 15.2. The Bertz CT molecular complexity index is 786. The summed E-state index contributed by atoms with van der Waals surface area (Å²) >= 11 is 0. The van der Waals surface area contributed by atoms with E-state index in [-0.39, 0.29) is 11.7 Å². The summed E-state index contributed by atoms with van der Waals surface area (Å²) < 4.78 is 0. The Morgan fingerprint density at radius 2 is 1.78 bits per heavy atom. The molecule has 3 nitrogen and oxygen atoms in total. The Morgan fingerprint density at radius 3 is 2.48 bits per heavy atom. The number of hydrogen-bond donors (Lipinski definition) is 1. The van der Waals surface area contributed by atoms with Crippen molar-refractivity contribution < 1.29 is 9.59 Å². The number of carbonyl (C=O) groups is 2. The lowest BCUT2D eigenvalue weighted by Gasteiger charge is -2.05. The SMILES string of the molecule is CC(C)Cc1ccc(C(=O)/C=C2\C(=O)Nc3ccccc32)cc1. The van der Waals surface area contributed by atoms with E-state index in [1.807, 2.05) is 48.5 Å². The molecule has 0 radical (unpaired) electrons. The van der Waals surface area contributed by atoms with Crippen LogP contribution in [0.3, 0.4) is 0 Å². The third-order valence-electron chi connectivity index (χ3n) is 3.87. The second kappa shape index (κ2) is 6.21. The molecule has 1 aliphatic heterocycles. The Hall–Kier alpha value is -2.68. The monoisotopic (exact) mass is 305 g/mol. The van der Waals surface area contributed by atoms with Gasteiger partial charge in [0, 0.05) is 16.8 Å². The van der Waals surface area contributed by atoms with Crippen LogP contribution in [-0.2, 0) is 11.2 Å². The van der Waals surface area contributed by atoms with Gasteiger partial charge in [-0.05, 0) is 30.0 Å². The number of nitrogens with one attached hydrogen (secondary N) is 1. The molecule has 0 atom stereocenters. The fourth-order valence-electron chi connectivity index (χ4n) is 2.77. The molecule has 1 amide bonds. The van der Waals surface area contributed by atoms with E-state index in [1.165, 1.54) is 11.6 Å². The first-order valence-corrected chi connectivity index (χ1v) is 7.80. The number of para-hydroxylation sites is 1. The van der Waals surface area contributed by atoms with Crippen molar-refractivity contribution in [2.45, 2.75) is 20.3 Å². The van der Waals surface area contributed by atoms with Crippen LogP contribution in [-0.4, -0.2) is 11.7 Å². The first-order valence-electron chi connectivity index (χ1n) is 7.80. The van der Waals surface area contributed by atoms with E-state index in [2.05, 4.69) is 19.2 Å². The quantitative estimate of drug-likeness (QED) is 0.682. The zero-order valence-corrected chi connectivity index (χ0v) is 13.3. The molecule has 1 heterocycles. The van der Waals surface area contributed by atoms with Gasteiger partial charge >= 0.3 is 0 Å². The lowest BCUT2D eigenvalue weighted by Crippen LogP contribution is -2.06. The highest BCUT2D eigenvalue weighted by molar-refractivity contribution is 6.35. The lowest BCUT2D eigenvalue weighted by atomic mass is 9.99. The molecule has 3 rings (SSSR count). The maximum Gasteiger partial charge on any atom is 0.256 e. The summed E-state index contributed by atoms with van der Waals surface area (Å²) in [6.07, 6.45) is 2.42. The Kier molecular flexibility index (Phi) is 4.11. The molecule has 1 aliphatic rings. The molecule has 0 aliphatic carbocycles. The second-order valence-electron chi connectivity index (χ2n) is 6.22. The summed E-state index contributed by atoms with van der Waals surface area (Å²) in [4.78, 5) is 24.5.